The Morgan fingerprint density at radius 3 is 2.82 bits per heavy atom. The van der Waals surface area contributed by atoms with Crippen LogP contribution in [0.15, 0.2) is 34.2 Å². The molecule has 0 aliphatic heterocycles. The number of carbonyl (C=O) groups is 1. The molecule has 1 aromatic carbocycles. The summed E-state index contributed by atoms with van der Waals surface area (Å²) in [5.41, 5.74) is 2.01. The van der Waals surface area contributed by atoms with Crippen LogP contribution in [0.5, 0.6) is 0 Å². The first-order valence-electron chi connectivity index (χ1n) is 9.01. The molecule has 0 atom stereocenters. The SMILES string of the molecule is CCCCn1c(SCc2nnc(C(=O)NCc3ccc(C)cc3)s2)n[nH]c1=O. The molecule has 28 heavy (non-hydrogen) atoms. The van der Waals surface area contributed by atoms with Gasteiger partial charge in [0, 0.05) is 13.1 Å². The van der Waals surface area contributed by atoms with Crippen molar-refractivity contribution >= 4 is 29.0 Å². The first-order valence-corrected chi connectivity index (χ1v) is 10.8. The number of hydrogen-bond donors (Lipinski definition) is 2. The van der Waals surface area contributed by atoms with Crippen molar-refractivity contribution in [3.05, 3.63) is 55.9 Å². The van der Waals surface area contributed by atoms with Crippen LogP contribution in [0.4, 0.5) is 0 Å². The van der Waals surface area contributed by atoms with E-state index in [4.69, 9.17) is 0 Å². The van der Waals surface area contributed by atoms with Gasteiger partial charge in [0.05, 0.1) is 5.75 Å². The molecule has 0 unspecified atom stereocenters. The molecule has 0 aliphatic rings. The number of hydrogen-bond acceptors (Lipinski definition) is 7. The fourth-order valence-electron chi connectivity index (χ4n) is 2.42. The topological polar surface area (TPSA) is 106 Å². The average Bonchev–Trinajstić information content (AvgIpc) is 3.31. The normalized spacial score (nSPS) is 10.9. The Bertz CT molecular complexity index is 977. The lowest BCUT2D eigenvalue weighted by molar-refractivity contribution is 0.0950. The highest BCUT2D eigenvalue weighted by Gasteiger charge is 2.14. The largest absolute Gasteiger partial charge is 0.346 e. The molecule has 0 spiro atoms. The van der Waals surface area contributed by atoms with E-state index in [1.54, 1.807) is 4.57 Å². The van der Waals surface area contributed by atoms with Crippen LogP contribution in [-0.4, -0.2) is 30.9 Å². The van der Waals surface area contributed by atoms with Gasteiger partial charge in [0.15, 0.2) is 5.16 Å². The quantitative estimate of drug-likeness (QED) is 0.518. The third-order valence-electron chi connectivity index (χ3n) is 4.02. The third-order valence-corrected chi connectivity index (χ3v) is 6.11. The van der Waals surface area contributed by atoms with Crippen molar-refractivity contribution in [3.8, 4) is 0 Å². The van der Waals surface area contributed by atoms with E-state index in [0.29, 0.717) is 34.0 Å². The van der Waals surface area contributed by atoms with Gasteiger partial charge in [-0.1, -0.05) is 66.3 Å². The summed E-state index contributed by atoms with van der Waals surface area (Å²) in [5, 5.41) is 19.1. The molecular weight excluding hydrogens is 396 g/mol. The molecule has 2 heterocycles. The molecule has 0 saturated heterocycles. The van der Waals surface area contributed by atoms with E-state index in [-0.39, 0.29) is 11.6 Å². The number of carbonyl (C=O) groups excluding carboxylic acids is 1. The minimum atomic E-state index is -0.242. The average molecular weight is 419 g/mol. The van der Waals surface area contributed by atoms with Gasteiger partial charge in [-0.3, -0.25) is 9.36 Å². The molecule has 0 saturated carbocycles. The van der Waals surface area contributed by atoms with Gasteiger partial charge in [-0.2, -0.15) is 0 Å². The number of nitrogens with zero attached hydrogens (tertiary/aromatic N) is 4. The molecule has 2 N–H and O–H groups in total. The van der Waals surface area contributed by atoms with Crippen LogP contribution in [0.1, 0.15) is 45.7 Å². The summed E-state index contributed by atoms with van der Waals surface area (Å²) in [5.74, 6) is 0.258. The summed E-state index contributed by atoms with van der Waals surface area (Å²) in [6.45, 7) is 5.18. The van der Waals surface area contributed by atoms with Gasteiger partial charge in [0.25, 0.3) is 5.91 Å². The standard InChI is InChI=1S/C18H22N6O2S2/c1-3-4-9-24-17(26)22-23-18(24)27-11-14-20-21-16(28-14)15(25)19-10-13-7-5-12(2)6-8-13/h5-8H,3-4,9-11H2,1-2H3,(H,19,25)(H,22,26). The van der Waals surface area contributed by atoms with E-state index in [0.717, 1.165) is 18.4 Å². The molecule has 2 aromatic heterocycles. The number of benzene rings is 1. The number of unbranched alkanes of at least 4 members (excludes halogenated alkanes) is 1. The molecule has 0 radical (unpaired) electrons. The van der Waals surface area contributed by atoms with E-state index in [1.165, 1.54) is 28.7 Å². The maximum Gasteiger partial charge on any atom is 0.343 e. The second-order valence-electron chi connectivity index (χ2n) is 6.27. The van der Waals surface area contributed by atoms with E-state index < -0.39 is 0 Å². The van der Waals surface area contributed by atoms with E-state index >= 15 is 0 Å². The van der Waals surface area contributed by atoms with E-state index in [9.17, 15) is 9.59 Å². The molecule has 1 amide bonds. The monoisotopic (exact) mass is 418 g/mol. The zero-order chi connectivity index (χ0) is 19.9. The summed E-state index contributed by atoms with van der Waals surface area (Å²) in [6.07, 6.45) is 1.91. The van der Waals surface area contributed by atoms with Crippen LogP contribution in [0.25, 0.3) is 0 Å². The second kappa shape index (κ2) is 9.65. The Morgan fingerprint density at radius 1 is 1.29 bits per heavy atom. The number of amides is 1. The maximum absolute atomic E-state index is 12.3. The molecule has 3 aromatic rings. The lowest BCUT2D eigenvalue weighted by Crippen LogP contribution is -2.22. The van der Waals surface area contributed by atoms with Crippen LogP contribution in [0, 0.1) is 6.92 Å². The number of H-pyrrole nitrogens is 1. The highest BCUT2D eigenvalue weighted by molar-refractivity contribution is 7.98. The van der Waals surface area contributed by atoms with Gasteiger partial charge in [-0.15, -0.1) is 15.3 Å². The van der Waals surface area contributed by atoms with Crippen molar-refractivity contribution in [2.45, 2.75) is 50.7 Å². The molecule has 8 nitrogen and oxygen atoms in total. The summed E-state index contributed by atoms with van der Waals surface area (Å²) < 4.78 is 1.63. The Balaban J connectivity index is 1.54. The molecule has 0 fully saturated rings. The Labute approximate surface area is 170 Å². The molecule has 148 valence electrons. The number of aromatic nitrogens is 5. The summed E-state index contributed by atoms with van der Waals surface area (Å²) >= 11 is 2.65. The second-order valence-corrected chi connectivity index (χ2v) is 8.28. The first-order chi connectivity index (χ1) is 13.6. The predicted octanol–water partition coefficient (Wildman–Crippen LogP) is 2.75. The van der Waals surface area contributed by atoms with Gasteiger partial charge in [0.2, 0.25) is 5.01 Å². The zero-order valence-corrected chi connectivity index (χ0v) is 17.4. The Kier molecular flexibility index (Phi) is 6.99. The molecule has 3 rings (SSSR count). The van der Waals surface area contributed by atoms with Crippen molar-refractivity contribution in [1.82, 2.24) is 30.3 Å². The number of rotatable bonds is 9. The fraction of sp³-hybridized carbons (Fsp3) is 0.389. The van der Waals surface area contributed by atoms with Gasteiger partial charge < -0.3 is 5.32 Å². The van der Waals surface area contributed by atoms with Crippen molar-refractivity contribution in [2.24, 2.45) is 0 Å². The Morgan fingerprint density at radius 2 is 2.07 bits per heavy atom. The smallest absolute Gasteiger partial charge is 0.343 e. The number of aryl methyl sites for hydroxylation is 1. The van der Waals surface area contributed by atoms with Crippen molar-refractivity contribution in [3.63, 3.8) is 0 Å². The van der Waals surface area contributed by atoms with Crippen LogP contribution in [0.3, 0.4) is 0 Å². The number of aromatic amines is 1. The predicted molar refractivity (Wildman–Crippen MR) is 110 cm³/mol. The van der Waals surface area contributed by atoms with E-state index in [2.05, 4.69) is 32.6 Å². The van der Waals surface area contributed by atoms with Crippen molar-refractivity contribution in [1.29, 1.82) is 0 Å². The minimum Gasteiger partial charge on any atom is -0.346 e. The number of thioether (sulfide) groups is 1. The van der Waals surface area contributed by atoms with E-state index in [1.807, 2.05) is 31.2 Å². The first kappa shape index (κ1) is 20.3. The third kappa shape index (κ3) is 5.29. The maximum atomic E-state index is 12.3. The summed E-state index contributed by atoms with van der Waals surface area (Å²) in [4.78, 5) is 24.1. The number of nitrogens with one attached hydrogen (secondary N) is 2. The van der Waals surface area contributed by atoms with Crippen LogP contribution < -0.4 is 11.0 Å². The summed E-state index contributed by atoms with van der Waals surface area (Å²) in [6, 6.07) is 7.99. The highest BCUT2D eigenvalue weighted by atomic mass is 32.2. The Hall–Kier alpha value is -2.46. The minimum absolute atomic E-state index is 0.204. The van der Waals surface area contributed by atoms with Crippen LogP contribution in [-0.2, 0) is 18.8 Å². The lowest BCUT2D eigenvalue weighted by atomic mass is 10.1. The molecule has 0 bridgehead atoms. The van der Waals surface area contributed by atoms with Crippen molar-refractivity contribution in [2.75, 3.05) is 0 Å². The highest BCUT2D eigenvalue weighted by Crippen LogP contribution is 2.22. The van der Waals surface area contributed by atoms with Crippen molar-refractivity contribution < 1.29 is 4.79 Å². The summed E-state index contributed by atoms with van der Waals surface area (Å²) in [7, 11) is 0. The van der Waals surface area contributed by atoms with Crippen LogP contribution >= 0.6 is 23.1 Å². The van der Waals surface area contributed by atoms with Gasteiger partial charge >= 0.3 is 5.69 Å². The van der Waals surface area contributed by atoms with Gasteiger partial charge in [-0.25, -0.2) is 9.89 Å². The molecule has 0 aliphatic carbocycles. The van der Waals surface area contributed by atoms with Gasteiger partial charge in [-0.05, 0) is 18.9 Å². The molecule has 10 heteroatoms. The molecular formula is C18H22N6O2S2. The van der Waals surface area contributed by atoms with Gasteiger partial charge in [0.1, 0.15) is 5.01 Å². The lowest BCUT2D eigenvalue weighted by Gasteiger charge is -2.03. The van der Waals surface area contributed by atoms with Crippen LogP contribution in [0.2, 0.25) is 0 Å². The zero-order valence-electron chi connectivity index (χ0n) is 15.8. The fourth-order valence-corrected chi connectivity index (χ4v) is 4.14.